The normalized spacial score (nSPS) is 15.7. The van der Waals surface area contributed by atoms with Crippen molar-refractivity contribution in [3.05, 3.63) is 65.2 Å². The average Bonchev–Trinajstić information content (AvgIpc) is 2.67. The first-order valence-electron chi connectivity index (χ1n) is 10.2. The van der Waals surface area contributed by atoms with E-state index in [0.717, 1.165) is 30.6 Å². The van der Waals surface area contributed by atoms with Crippen molar-refractivity contribution in [1.82, 2.24) is 5.32 Å². The van der Waals surface area contributed by atoms with Gasteiger partial charge in [0.25, 0.3) is 5.91 Å². The molecule has 0 bridgehead atoms. The van der Waals surface area contributed by atoms with Gasteiger partial charge in [-0.1, -0.05) is 50.2 Å². The molecule has 1 aliphatic carbocycles. The van der Waals surface area contributed by atoms with E-state index in [2.05, 4.69) is 43.4 Å². The molecule has 3 rings (SSSR count). The third kappa shape index (κ3) is 5.35. The van der Waals surface area contributed by atoms with Crippen LogP contribution in [0.3, 0.4) is 0 Å². The molecule has 0 spiro atoms. The molecule has 0 aromatic heterocycles. The SMILES string of the molecule is CC(C)C[C@H](NC(=O)[C@H](C)Oc1ccc2c(c1)CCCC2)c1ccccc1. The first kappa shape index (κ1) is 19.5. The molecule has 27 heavy (non-hydrogen) atoms. The number of ether oxygens (including phenoxy) is 1. The summed E-state index contributed by atoms with van der Waals surface area (Å²) in [6, 6.07) is 16.4. The van der Waals surface area contributed by atoms with Gasteiger partial charge in [-0.2, -0.15) is 0 Å². The van der Waals surface area contributed by atoms with Crippen LogP contribution in [0.1, 0.15) is 62.8 Å². The van der Waals surface area contributed by atoms with Crippen molar-refractivity contribution < 1.29 is 9.53 Å². The molecule has 0 fully saturated rings. The van der Waals surface area contributed by atoms with Crippen LogP contribution in [0.15, 0.2) is 48.5 Å². The van der Waals surface area contributed by atoms with Gasteiger partial charge in [0, 0.05) is 0 Å². The molecule has 1 N–H and O–H groups in total. The second-order valence-corrected chi connectivity index (χ2v) is 8.00. The van der Waals surface area contributed by atoms with Crippen LogP contribution in [0.25, 0.3) is 0 Å². The zero-order chi connectivity index (χ0) is 19.2. The number of nitrogens with one attached hydrogen (secondary N) is 1. The number of carbonyl (C=O) groups is 1. The lowest BCUT2D eigenvalue weighted by atomic mass is 9.92. The van der Waals surface area contributed by atoms with E-state index in [9.17, 15) is 4.79 Å². The third-order valence-corrected chi connectivity index (χ3v) is 5.23. The van der Waals surface area contributed by atoms with E-state index in [-0.39, 0.29) is 11.9 Å². The van der Waals surface area contributed by atoms with E-state index in [4.69, 9.17) is 4.74 Å². The molecule has 3 heteroatoms. The first-order valence-corrected chi connectivity index (χ1v) is 10.2. The molecular formula is C24H31NO2. The molecule has 0 saturated carbocycles. The molecule has 0 aliphatic heterocycles. The number of benzene rings is 2. The Labute approximate surface area is 163 Å². The third-order valence-electron chi connectivity index (χ3n) is 5.23. The fourth-order valence-electron chi connectivity index (χ4n) is 3.76. The average molecular weight is 366 g/mol. The Morgan fingerprint density at radius 3 is 2.41 bits per heavy atom. The molecule has 0 heterocycles. The number of carbonyl (C=O) groups excluding carboxylic acids is 1. The van der Waals surface area contributed by atoms with E-state index >= 15 is 0 Å². The summed E-state index contributed by atoms with van der Waals surface area (Å²) < 4.78 is 5.97. The Bertz CT molecular complexity index is 754. The minimum absolute atomic E-state index is 0.00767. The maximum absolute atomic E-state index is 12.8. The van der Waals surface area contributed by atoms with Crippen molar-refractivity contribution in [1.29, 1.82) is 0 Å². The van der Waals surface area contributed by atoms with E-state index < -0.39 is 6.10 Å². The molecule has 2 aromatic rings. The lowest BCUT2D eigenvalue weighted by Gasteiger charge is -2.24. The topological polar surface area (TPSA) is 38.3 Å². The van der Waals surface area contributed by atoms with Gasteiger partial charge in [0.05, 0.1) is 6.04 Å². The van der Waals surface area contributed by atoms with Gasteiger partial charge in [-0.05, 0) is 73.8 Å². The van der Waals surface area contributed by atoms with Crippen LogP contribution in [0, 0.1) is 5.92 Å². The molecule has 1 aliphatic rings. The Morgan fingerprint density at radius 2 is 1.70 bits per heavy atom. The lowest BCUT2D eigenvalue weighted by Crippen LogP contribution is -2.39. The van der Waals surface area contributed by atoms with Crippen LogP contribution < -0.4 is 10.1 Å². The van der Waals surface area contributed by atoms with Gasteiger partial charge in [-0.15, -0.1) is 0 Å². The summed E-state index contributed by atoms with van der Waals surface area (Å²) in [5, 5.41) is 3.18. The monoisotopic (exact) mass is 365 g/mol. The Balaban J connectivity index is 1.65. The summed E-state index contributed by atoms with van der Waals surface area (Å²) in [7, 11) is 0. The van der Waals surface area contributed by atoms with Crippen molar-refractivity contribution in [2.75, 3.05) is 0 Å². The molecule has 2 aromatic carbocycles. The van der Waals surface area contributed by atoms with Crippen molar-refractivity contribution in [2.24, 2.45) is 5.92 Å². The summed E-state index contributed by atoms with van der Waals surface area (Å²) in [5.74, 6) is 1.22. The van der Waals surface area contributed by atoms with Crippen LogP contribution in [0.2, 0.25) is 0 Å². The second kappa shape index (κ2) is 9.07. The van der Waals surface area contributed by atoms with Crippen LogP contribution >= 0.6 is 0 Å². The minimum atomic E-state index is -0.523. The zero-order valence-corrected chi connectivity index (χ0v) is 16.7. The molecule has 0 saturated heterocycles. The van der Waals surface area contributed by atoms with E-state index in [1.807, 2.05) is 31.2 Å². The molecule has 0 unspecified atom stereocenters. The highest BCUT2D eigenvalue weighted by molar-refractivity contribution is 5.81. The standard InChI is InChI=1S/C24H31NO2/c1-17(2)15-23(20-10-5-4-6-11-20)25-24(26)18(3)27-22-14-13-19-9-7-8-12-21(19)16-22/h4-6,10-11,13-14,16-18,23H,7-9,12,15H2,1-3H3,(H,25,26)/t18-,23-/m0/s1. The Morgan fingerprint density at radius 1 is 1.00 bits per heavy atom. The molecule has 0 radical (unpaired) electrons. The predicted octanol–water partition coefficient (Wildman–Crippen LogP) is 5.24. The minimum Gasteiger partial charge on any atom is -0.481 e. The number of hydrogen-bond acceptors (Lipinski definition) is 2. The molecule has 3 nitrogen and oxygen atoms in total. The fourth-order valence-corrected chi connectivity index (χ4v) is 3.76. The number of amides is 1. The van der Waals surface area contributed by atoms with Crippen molar-refractivity contribution in [3.63, 3.8) is 0 Å². The van der Waals surface area contributed by atoms with Crippen molar-refractivity contribution in [3.8, 4) is 5.75 Å². The summed E-state index contributed by atoms with van der Waals surface area (Å²) in [4.78, 5) is 12.8. The largest absolute Gasteiger partial charge is 0.481 e. The highest BCUT2D eigenvalue weighted by Crippen LogP contribution is 2.26. The van der Waals surface area contributed by atoms with Gasteiger partial charge in [-0.3, -0.25) is 4.79 Å². The maximum Gasteiger partial charge on any atom is 0.261 e. The summed E-state index contributed by atoms with van der Waals surface area (Å²) in [6.45, 7) is 6.18. The quantitative estimate of drug-likeness (QED) is 0.729. The number of rotatable bonds is 7. The molecule has 144 valence electrons. The van der Waals surface area contributed by atoms with Crippen LogP contribution in [-0.2, 0) is 17.6 Å². The van der Waals surface area contributed by atoms with Gasteiger partial charge < -0.3 is 10.1 Å². The Kier molecular flexibility index (Phi) is 6.54. The number of fused-ring (bicyclic) bond motifs is 1. The van der Waals surface area contributed by atoms with Gasteiger partial charge in [-0.25, -0.2) is 0 Å². The summed E-state index contributed by atoms with van der Waals surface area (Å²) in [6.07, 6.45) is 5.15. The van der Waals surface area contributed by atoms with Crippen LogP contribution in [0.4, 0.5) is 0 Å². The summed E-state index contributed by atoms with van der Waals surface area (Å²) in [5.41, 5.74) is 3.93. The van der Waals surface area contributed by atoms with Gasteiger partial charge in [0.2, 0.25) is 0 Å². The molecular weight excluding hydrogens is 334 g/mol. The second-order valence-electron chi connectivity index (χ2n) is 8.00. The van der Waals surface area contributed by atoms with Gasteiger partial charge in [0.1, 0.15) is 5.75 Å². The van der Waals surface area contributed by atoms with Gasteiger partial charge in [0.15, 0.2) is 6.10 Å². The number of aryl methyl sites for hydroxylation is 2. The van der Waals surface area contributed by atoms with E-state index in [1.165, 1.54) is 24.0 Å². The van der Waals surface area contributed by atoms with Crippen LogP contribution in [0.5, 0.6) is 5.75 Å². The number of hydrogen-bond donors (Lipinski definition) is 1. The highest BCUT2D eigenvalue weighted by Gasteiger charge is 2.21. The zero-order valence-electron chi connectivity index (χ0n) is 16.7. The molecule has 1 amide bonds. The first-order chi connectivity index (χ1) is 13.0. The lowest BCUT2D eigenvalue weighted by molar-refractivity contribution is -0.128. The Hall–Kier alpha value is -2.29. The van der Waals surface area contributed by atoms with Crippen molar-refractivity contribution in [2.45, 2.75) is 65.0 Å². The maximum atomic E-state index is 12.8. The predicted molar refractivity (Wildman–Crippen MR) is 110 cm³/mol. The molecule has 2 atom stereocenters. The van der Waals surface area contributed by atoms with E-state index in [0.29, 0.717) is 5.92 Å². The van der Waals surface area contributed by atoms with Crippen LogP contribution in [-0.4, -0.2) is 12.0 Å². The highest BCUT2D eigenvalue weighted by atomic mass is 16.5. The summed E-state index contributed by atoms with van der Waals surface area (Å²) >= 11 is 0. The fraction of sp³-hybridized carbons (Fsp3) is 0.458. The van der Waals surface area contributed by atoms with Gasteiger partial charge >= 0.3 is 0 Å². The van der Waals surface area contributed by atoms with Crippen molar-refractivity contribution >= 4 is 5.91 Å². The smallest absolute Gasteiger partial charge is 0.261 e. The van der Waals surface area contributed by atoms with E-state index in [1.54, 1.807) is 0 Å².